The molecule has 0 aromatic rings. The van der Waals surface area contributed by atoms with Crippen molar-refractivity contribution < 1.29 is 0 Å². The van der Waals surface area contributed by atoms with Crippen LogP contribution in [0.25, 0.3) is 0 Å². The Hall–Kier alpha value is -0.0800. The zero-order valence-corrected chi connectivity index (χ0v) is 12.7. The highest BCUT2D eigenvalue weighted by Crippen LogP contribution is 2.44. The van der Waals surface area contributed by atoms with E-state index >= 15 is 0 Å². The Morgan fingerprint density at radius 2 is 1.68 bits per heavy atom. The molecule has 3 fully saturated rings. The lowest BCUT2D eigenvalue weighted by molar-refractivity contribution is -0.0479. The number of fused-ring (bicyclic) bond motifs is 1. The van der Waals surface area contributed by atoms with Crippen LogP contribution in [0.2, 0.25) is 0 Å². The normalized spacial score (nSPS) is 44.8. The van der Waals surface area contributed by atoms with Gasteiger partial charge in [-0.25, -0.2) is 0 Å². The fraction of sp³-hybridized carbons (Fsp3) is 1.00. The zero-order chi connectivity index (χ0) is 13.3. The number of nitrogens with zero attached hydrogens (tertiary/aromatic N) is 1. The van der Waals surface area contributed by atoms with Gasteiger partial charge in [0.15, 0.2) is 0 Å². The SMILES string of the molecule is CC1CCC(CN)(N2CCCC3CCCCC32)CC1. The van der Waals surface area contributed by atoms with Crippen molar-refractivity contribution in [3.63, 3.8) is 0 Å². The average Bonchev–Trinajstić information content (AvgIpc) is 2.48. The van der Waals surface area contributed by atoms with Crippen molar-refractivity contribution >= 4 is 0 Å². The first-order valence-electron chi connectivity index (χ1n) is 8.72. The van der Waals surface area contributed by atoms with Crippen LogP contribution < -0.4 is 5.73 Å². The standard InChI is InChI=1S/C17H32N2/c1-14-8-10-17(13-18,11-9-14)19-12-4-6-15-5-2-3-7-16(15)19/h14-16H,2-13,18H2,1H3. The molecule has 2 saturated carbocycles. The first-order valence-corrected chi connectivity index (χ1v) is 8.72. The predicted octanol–water partition coefficient (Wildman–Crippen LogP) is 3.55. The number of nitrogens with two attached hydrogens (primary N) is 1. The van der Waals surface area contributed by atoms with Gasteiger partial charge in [-0.1, -0.05) is 19.8 Å². The van der Waals surface area contributed by atoms with Crippen molar-refractivity contribution in [3.05, 3.63) is 0 Å². The number of likely N-dealkylation sites (tertiary alicyclic amines) is 1. The maximum Gasteiger partial charge on any atom is 0.0335 e. The first kappa shape index (κ1) is 13.9. The second-order valence-corrected chi connectivity index (χ2v) is 7.56. The number of hydrogen-bond donors (Lipinski definition) is 1. The van der Waals surface area contributed by atoms with Crippen LogP contribution in [0.3, 0.4) is 0 Å². The Kier molecular flexibility index (Phi) is 4.19. The highest BCUT2D eigenvalue weighted by Gasteiger charge is 2.45. The summed E-state index contributed by atoms with van der Waals surface area (Å²) < 4.78 is 0. The molecule has 19 heavy (non-hydrogen) atoms. The third-order valence-electron chi connectivity index (χ3n) is 6.44. The van der Waals surface area contributed by atoms with E-state index in [1.807, 2.05) is 0 Å². The molecule has 3 rings (SSSR count). The van der Waals surface area contributed by atoms with Crippen molar-refractivity contribution in [2.75, 3.05) is 13.1 Å². The van der Waals surface area contributed by atoms with E-state index in [9.17, 15) is 0 Å². The summed E-state index contributed by atoms with van der Waals surface area (Å²) in [5.74, 6) is 1.91. The number of hydrogen-bond acceptors (Lipinski definition) is 2. The van der Waals surface area contributed by atoms with Gasteiger partial charge in [-0.2, -0.15) is 0 Å². The van der Waals surface area contributed by atoms with E-state index in [1.54, 1.807) is 0 Å². The third kappa shape index (κ3) is 2.58. The van der Waals surface area contributed by atoms with Crippen LogP contribution in [-0.4, -0.2) is 29.6 Å². The lowest BCUT2D eigenvalue weighted by Gasteiger charge is -2.55. The summed E-state index contributed by atoms with van der Waals surface area (Å²) in [5.41, 5.74) is 6.66. The molecule has 0 aromatic carbocycles. The second-order valence-electron chi connectivity index (χ2n) is 7.56. The van der Waals surface area contributed by atoms with Crippen molar-refractivity contribution in [1.82, 2.24) is 4.90 Å². The Morgan fingerprint density at radius 1 is 1.00 bits per heavy atom. The van der Waals surface area contributed by atoms with Gasteiger partial charge in [0.2, 0.25) is 0 Å². The van der Waals surface area contributed by atoms with Gasteiger partial charge in [-0.15, -0.1) is 0 Å². The smallest absolute Gasteiger partial charge is 0.0335 e. The summed E-state index contributed by atoms with van der Waals surface area (Å²) in [4.78, 5) is 2.91. The van der Waals surface area contributed by atoms with Crippen molar-refractivity contribution in [2.45, 2.75) is 82.7 Å². The summed E-state index contributed by atoms with van der Waals surface area (Å²) >= 11 is 0. The lowest BCUT2D eigenvalue weighted by atomic mass is 9.71. The summed E-state index contributed by atoms with van der Waals surface area (Å²) in [7, 11) is 0. The number of piperidine rings is 1. The molecule has 2 atom stereocenters. The zero-order valence-electron chi connectivity index (χ0n) is 12.7. The van der Waals surface area contributed by atoms with Gasteiger partial charge < -0.3 is 5.73 Å². The maximum absolute atomic E-state index is 6.29. The molecule has 1 saturated heterocycles. The van der Waals surface area contributed by atoms with Crippen LogP contribution in [0.1, 0.15) is 71.1 Å². The molecule has 2 heteroatoms. The molecule has 0 radical (unpaired) electrons. The molecule has 1 aliphatic heterocycles. The molecule has 2 nitrogen and oxygen atoms in total. The van der Waals surface area contributed by atoms with E-state index in [4.69, 9.17) is 5.73 Å². The van der Waals surface area contributed by atoms with Gasteiger partial charge in [-0.3, -0.25) is 4.90 Å². The van der Waals surface area contributed by atoms with Crippen molar-refractivity contribution in [3.8, 4) is 0 Å². The van der Waals surface area contributed by atoms with Crippen molar-refractivity contribution in [1.29, 1.82) is 0 Å². The van der Waals surface area contributed by atoms with Crippen LogP contribution in [-0.2, 0) is 0 Å². The monoisotopic (exact) mass is 264 g/mol. The Balaban J connectivity index is 1.77. The molecular formula is C17H32N2. The fourth-order valence-corrected chi connectivity index (χ4v) is 5.12. The van der Waals surface area contributed by atoms with Crippen LogP contribution in [0.15, 0.2) is 0 Å². The molecule has 2 unspecified atom stereocenters. The van der Waals surface area contributed by atoms with Gasteiger partial charge >= 0.3 is 0 Å². The quantitative estimate of drug-likeness (QED) is 0.826. The third-order valence-corrected chi connectivity index (χ3v) is 6.44. The minimum absolute atomic E-state index is 0.368. The summed E-state index contributed by atoms with van der Waals surface area (Å²) in [5, 5.41) is 0. The minimum Gasteiger partial charge on any atom is -0.329 e. The van der Waals surface area contributed by atoms with E-state index in [2.05, 4.69) is 11.8 Å². The second kappa shape index (κ2) is 5.73. The van der Waals surface area contributed by atoms with Crippen LogP contribution in [0.4, 0.5) is 0 Å². The van der Waals surface area contributed by atoms with E-state index in [1.165, 1.54) is 70.8 Å². The Morgan fingerprint density at radius 3 is 2.42 bits per heavy atom. The molecule has 0 spiro atoms. The molecule has 2 aliphatic carbocycles. The topological polar surface area (TPSA) is 29.3 Å². The van der Waals surface area contributed by atoms with Gasteiger partial charge in [0.25, 0.3) is 0 Å². The van der Waals surface area contributed by atoms with Crippen LogP contribution >= 0.6 is 0 Å². The van der Waals surface area contributed by atoms with Crippen molar-refractivity contribution in [2.24, 2.45) is 17.6 Å². The molecule has 3 aliphatic rings. The number of rotatable bonds is 2. The van der Waals surface area contributed by atoms with E-state index in [-0.39, 0.29) is 0 Å². The molecule has 0 aromatic heterocycles. The van der Waals surface area contributed by atoms with E-state index < -0.39 is 0 Å². The van der Waals surface area contributed by atoms with Gasteiger partial charge in [0.05, 0.1) is 0 Å². The van der Waals surface area contributed by atoms with Gasteiger partial charge in [0, 0.05) is 18.1 Å². The largest absolute Gasteiger partial charge is 0.329 e. The van der Waals surface area contributed by atoms with Crippen LogP contribution in [0.5, 0.6) is 0 Å². The fourth-order valence-electron chi connectivity index (χ4n) is 5.12. The maximum atomic E-state index is 6.29. The van der Waals surface area contributed by atoms with Gasteiger partial charge in [-0.05, 0) is 69.7 Å². The summed E-state index contributed by atoms with van der Waals surface area (Å²) in [6.07, 6.45) is 14.3. The van der Waals surface area contributed by atoms with E-state index in [0.29, 0.717) is 5.54 Å². The molecular weight excluding hydrogens is 232 g/mol. The summed E-state index contributed by atoms with van der Waals surface area (Å²) in [6.45, 7) is 4.63. The Labute approximate surface area is 119 Å². The van der Waals surface area contributed by atoms with Crippen LogP contribution in [0, 0.1) is 11.8 Å². The molecule has 0 amide bonds. The highest BCUT2D eigenvalue weighted by molar-refractivity contribution is 5.01. The summed E-state index contributed by atoms with van der Waals surface area (Å²) in [6, 6.07) is 0.874. The molecule has 110 valence electrons. The average molecular weight is 264 g/mol. The van der Waals surface area contributed by atoms with Gasteiger partial charge in [0.1, 0.15) is 0 Å². The highest BCUT2D eigenvalue weighted by atomic mass is 15.2. The lowest BCUT2D eigenvalue weighted by Crippen LogP contribution is -2.62. The molecule has 1 heterocycles. The Bertz CT molecular complexity index is 292. The first-order chi connectivity index (χ1) is 9.25. The molecule has 0 bridgehead atoms. The minimum atomic E-state index is 0.368. The van der Waals surface area contributed by atoms with E-state index in [0.717, 1.165) is 24.4 Å². The predicted molar refractivity (Wildman–Crippen MR) is 81.1 cm³/mol. The molecule has 2 N–H and O–H groups in total.